The fourth-order valence-corrected chi connectivity index (χ4v) is 2.22. The molecule has 4 heteroatoms. The summed E-state index contributed by atoms with van der Waals surface area (Å²) >= 11 is 6.00. The highest BCUT2D eigenvalue weighted by atomic mass is 35.5. The third-order valence-corrected chi connectivity index (χ3v) is 3.21. The van der Waals surface area contributed by atoms with Gasteiger partial charge in [0.1, 0.15) is 6.10 Å². The van der Waals surface area contributed by atoms with E-state index < -0.39 is 6.10 Å². The first kappa shape index (κ1) is 11.3. The lowest BCUT2D eigenvalue weighted by atomic mass is 10.1. The molecule has 1 atom stereocenters. The first-order valence-electron chi connectivity index (χ1n) is 5.62. The molecule has 0 aliphatic heterocycles. The maximum Gasteiger partial charge on any atom is 0.153 e. The van der Waals surface area contributed by atoms with Gasteiger partial charge in [-0.25, -0.2) is 4.98 Å². The zero-order valence-corrected chi connectivity index (χ0v) is 10.2. The molecule has 3 rings (SSSR count). The smallest absolute Gasteiger partial charge is 0.153 e. The first-order chi connectivity index (χ1) is 8.75. The van der Waals surface area contributed by atoms with Crippen LogP contribution in [-0.4, -0.2) is 15.1 Å². The van der Waals surface area contributed by atoms with Crippen molar-refractivity contribution in [2.75, 3.05) is 0 Å². The summed E-state index contributed by atoms with van der Waals surface area (Å²) in [5, 5.41) is 11.6. The van der Waals surface area contributed by atoms with Crippen LogP contribution in [0.1, 0.15) is 17.4 Å². The molecule has 2 N–H and O–H groups in total. The van der Waals surface area contributed by atoms with Crippen LogP contribution < -0.4 is 0 Å². The van der Waals surface area contributed by atoms with Gasteiger partial charge in [-0.1, -0.05) is 41.9 Å². The average molecular weight is 259 g/mol. The highest BCUT2D eigenvalue weighted by Gasteiger charge is 2.13. The maximum absolute atomic E-state index is 10.3. The second kappa shape index (κ2) is 4.44. The van der Waals surface area contributed by atoms with Crippen LogP contribution in [-0.2, 0) is 0 Å². The number of halogens is 1. The molecule has 0 aliphatic rings. The maximum atomic E-state index is 10.3. The Balaban J connectivity index is 2.07. The van der Waals surface area contributed by atoms with Gasteiger partial charge in [0, 0.05) is 17.3 Å². The van der Waals surface area contributed by atoms with Gasteiger partial charge in [0.2, 0.25) is 0 Å². The molecule has 90 valence electrons. The lowest BCUT2D eigenvalue weighted by molar-refractivity contribution is 0.216. The Morgan fingerprint density at radius 3 is 2.67 bits per heavy atom. The molecule has 0 aliphatic carbocycles. The van der Waals surface area contributed by atoms with Crippen molar-refractivity contribution >= 4 is 22.5 Å². The van der Waals surface area contributed by atoms with Gasteiger partial charge in [0.15, 0.2) is 5.15 Å². The van der Waals surface area contributed by atoms with Gasteiger partial charge in [-0.2, -0.15) is 0 Å². The van der Waals surface area contributed by atoms with Crippen LogP contribution in [0.2, 0.25) is 5.15 Å². The number of aromatic nitrogens is 2. The number of hydrogen-bond donors (Lipinski definition) is 2. The molecular weight excluding hydrogens is 248 g/mol. The van der Waals surface area contributed by atoms with E-state index >= 15 is 0 Å². The van der Waals surface area contributed by atoms with Gasteiger partial charge in [-0.3, -0.25) is 0 Å². The number of aliphatic hydroxyl groups is 1. The number of H-pyrrole nitrogens is 1. The molecule has 0 saturated carbocycles. The lowest BCUT2D eigenvalue weighted by Crippen LogP contribution is -1.99. The Kier molecular flexibility index (Phi) is 2.78. The molecule has 1 aromatic carbocycles. The van der Waals surface area contributed by atoms with Crippen molar-refractivity contribution < 1.29 is 5.11 Å². The zero-order valence-electron chi connectivity index (χ0n) is 9.47. The summed E-state index contributed by atoms with van der Waals surface area (Å²) in [5.74, 6) is 0. The van der Waals surface area contributed by atoms with Crippen molar-refractivity contribution in [3.05, 3.63) is 65.1 Å². The van der Waals surface area contributed by atoms with Crippen LogP contribution in [0, 0.1) is 0 Å². The number of hydrogen-bond acceptors (Lipinski definition) is 2. The van der Waals surface area contributed by atoms with Crippen LogP contribution in [0.3, 0.4) is 0 Å². The summed E-state index contributed by atoms with van der Waals surface area (Å²) in [4.78, 5) is 7.12. The van der Waals surface area contributed by atoms with Gasteiger partial charge in [0.05, 0.1) is 5.52 Å². The fraction of sp³-hybridized carbons (Fsp3) is 0.0714. The minimum Gasteiger partial charge on any atom is -0.382 e. The minimum atomic E-state index is -0.685. The van der Waals surface area contributed by atoms with E-state index in [1.54, 1.807) is 6.20 Å². The summed E-state index contributed by atoms with van der Waals surface area (Å²) in [6.07, 6.45) is 0.964. The molecule has 2 heterocycles. The van der Waals surface area contributed by atoms with Crippen LogP contribution in [0.15, 0.2) is 48.7 Å². The van der Waals surface area contributed by atoms with E-state index in [9.17, 15) is 5.11 Å². The molecule has 0 saturated heterocycles. The molecule has 0 amide bonds. The Hall–Kier alpha value is -1.84. The topological polar surface area (TPSA) is 48.9 Å². The second-order valence-electron chi connectivity index (χ2n) is 4.10. The Bertz CT molecular complexity index is 679. The third-order valence-electron chi connectivity index (χ3n) is 2.93. The molecule has 3 nitrogen and oxygen atoms in total. The van der Waals surface area contributed by atoms with E-state index in [1.165, 1.54) is 0 Å². The number of benzene rings is 1. The lowest BCUT2D eigenvalue weighted by Gasteiger charge is -2.08. The molecule has 2 aromatic heterocycles. The van der Waals surface area contributed by atoms with Gasteiger partial charge < -0.3 is 10.1 Å². The number of aromatic amines is 1. The van der Waals surface area contributed by atoms with Crippen molar-refractivity contribution in [2.45, 2.75) is 6.10 Å². The Labute approximate surface area is 109 Å². The van der Waals surface area contributed by atoms with E-state index in [-0.39, 0.29) is 0 Å². The second-order valence-corrected chi connectivity index (χ2v) is 4.46. The van der Waals surface area contributed by atoms with Crippen LogP contribution in [0.5, 0.6) is 0 Å². The summed E-state index contributed by atoms with van der Waals surface area (Å²) in [6.45, 7) is 0. The molecule has 18 heavy (non-hydrogen) atoms. The van der Waals surface area contributed by atoms with Gasteiger partial charge in [-0.15, -0.1) is 0 Å². The SMILES string of the molecule is O[C@H](c1ccccc1)c1cc2ccnc(Cl)c2[nH]1. The monoisotopic (exact) mass is 258 g/mol. The molecular formula is C14H11ClN2O. The summed E-state index contributed by atoms with van der Waals surface area (Å²) < 4.78 is 0. The van der Waals surface area contributed by atoms with E-state index in [1.807, 2.05) is 42.5 Å². The minimum absolute atomic E-state index is 0.416. The first-order valence-corrected chi connectivity index (χ1v) is 5.99. The highest BCUT2D eigenvalue weighted by Crippen LogP contribution is 2.27. The summed E-state index contributed by atoms with van der Waals surface area (Å²) in [7, 11) is 0. The van der Waals surface area contributed by atoms with E-state index in [4.69, 9.17) is 11.6 Å². The largest absolute Gasteiger partial charge is 0.382 e. The molecule has 0 bridgehead atoms. The van der Waals surface area contributed by atoms with Crippen LogP contribution >= 0.6 is 11.6 Å². The van der Waals surface area contributed by atoms with E-state index in [0.29, 0.717) is 10.8 Å². The highest BCUT2D eigenvalue weighted by molar-refractivity contribution is 6.33. The van der Waals surface area contributed by atoms with Gasteiger partial charge in [-0.05, 0) is 17.7 Å². The standard InChI is InChI=1S/C14H11ClN2O/c15-14-12-10(6-7-16-14)8-11(17-12)13(18)9-4-2-1-3-5-9/h1-8,13,17-18H/t13-/m1/s1. The quantitative estimate of drug-likeness (QED) is 0.693. The van der Waals surface area contributed by atoms with Crippen molar-refractivity contribution in [1.82, 2.24) is 9.97 Å². The number of rotatable bonds is 2. The molecule has 0 unspecified atom stereocenters. The van der Waals surface area contributed by atoms with Crippen molar-refractivity contribution in [3.63, 3.8) is 0 Å². The van der Waals surface area contributed by atoms with Crippen LogP contribution in [0.25, 0.3) is 10.9 Å². The molecule has 0 radical (unpaired) electrons. The predicted octanol–water partition coefficient (Wildman–Crippen LogP) is 3.30. The van der Waals surface area contributed by atoms with Gasteiger partial charge in [0.25, 0.3) is 0 Å². The average Bonchev–Trinajstić information content (AvgIpc) is 2.84. The Morgan fingerprint density at radius 1 is 1.17 bits per heavy atom. The van der Waals surface area contributed by atoms with Crippen molar-refractivity contribution in [2.24, 2.45) is 0 Å². The number of fused-ring (bicyclic) bond motifs is 1. The zero-order chi connectivity index (χ0) is 12.5. The third kappa shape index (κ3) is 1.88. The Morgan fingerprint density at radius 2 is 1.94 bits per heavy atom. The number of nitrogens with one attached hydrogen (secondary N) is 1. The summed E-state index contributed by atoms with van der Waals surface area (Å²) in [6, 6.07) is 13.2. The fourth-order valence-electron chi connectivity index (χ4n) is 2.00. The van der Waals surface area contributed by atoms with Crippen molar-refractivity contribution in [1.29, 1.82) is 0 Å². The van der Waals surface area contributed by atoms with E-state index in [2.05, 4.69) is 9.97 Å². The van der Waals surface area contributed by atoms with Crippen LogP contribution in [0.4, 0.5) is 0 Å². The number of pyridine rings is 1. The van der Waals surface area contributed by atoms with E-state index in [0.717, 1.165) is 16.5 Å². The number of aliphatic hydroxyl groups excluding tert-OH is 1. The van der Waals surface area contributed by atoms with Crippen molar-refractivity contribution in [3.8, 4) is 0 Å². The number of nitrogens with zero attached hydrogens (tertiary/aromatic N) is 1. The molecule has 3 aromatic rings. The van der Waals surface area contributed by atoms with Gasteiger partial charge >= 0.3 is 0 Å². The molecule has 0 spiro atoms. The summed E-state index contributed by atoms with van der Waals surface area (Å²) in [5.41, 5.74) is 2.31. The predicted molar refractivity (Wildman–Crippen MR) is 71.6 cm³/mol. The normalized spacial score (nSPS) is 12.8. The molecule has 0 fully saturated rings.